The number of carbonyl (C=O) groups excluding carboxylic acids is 2. The van der Waals surface area contributed by atoms with Gasteiger partial charge in [-0.1, -0.05) is 12.1 Å². The largest absolute Gasteiger partial charge is 0.497 e. The summed E-state index contributed by atoms with van der Waals surface area (Å²) in [5, 5.41) is 8.71. The molecule has 2 unspecified atom stereocenters. The van der Waals surface area contributed by atoms with Gasteiger partial charge in [0.05, 0.1) is 7.11 Å². The van der Waals surface area contributed by atoms with Crippen molar-refractivity contribution < 1.29 is 19.5 Å². The Bertz CT molecular complexity index is 839. The van der Waals surface area contributed by atoms with Crippen LogP contribution < -0.4 is 10.2 Å². The van der Waals surface area contributed by atoms with Crippen LogP contribution >= 0.6 is 0 Å². The summed E-state index contributed by atoms with van der Waals surface area (Å²) in [4.78, 5) is 28.7. The number of ether oxygens (including phenoxy) is 1. The van der Waals surface area contributed by atoms with E-state index in [1.54, 1.807) is 49.0 Å². The van der Waals surface area contributed by atoms with Crippen molar-refractivity contribution in [3.8, 4) is 5.75 Å². The average molecular weight is 397 g/mol. The molecule has 3 rings (SSSR count). The molecule has 1 aliphatic heterocycles. The first-order valence-electron chi connectivity index (χ1n) is 9.65. The molecule has 2 aromatic rings. The first-order valence-corrected chi connectivity index (χ1v) is 9.65. The minimum Gasteiger partial charge on any atom is -0.497 e. The maximum absolute atomic E-state index is 13.0. The number of methoxy groups -OCH3 is 1. The van der Waals surface area contributed by atoms with Crippen LogP contribution in [0.25, 0.3) is 0 Å². The number of amides is 2. The molecule has 154 valence electrons. The number of nitrogens with one attached hydrogen (secondary N) is 1. The van der Waals surface area contributed by atoms with Crippen molar-refractivity contribution in [1.29, 1.82) is 0 Å². The van der Waals surface area contributed by atoms with E-state index < -0.39 is 5.91 Å². The minimum absolute atomic E-state index is 0.0340. The third kappa shape index (κ3) is 4.75. The summed E-state index contributed by atoms with van der Waals surface area (Å²) < 4.78 is 5.17. The lowest BCUT2D eigenvalue weighted by Crippen LogP contribution is -2.58. The fraction of sp³-hybridized carbons (Fsp3) is 0.364. The fourth-order valence-electron chi connectivity index (χ4n) is 3.93. The van der Waals surface area contributed by atoms with Gasteiger partial charge in [0.25, 0.3) is 11.8 Å². The predicted octanol–water partition coefficient (Wildman–Crippen LogP) is 2.55. The van der Waals surface area contributed by atoms with Gasteiger partial charge in [-0.3, -0.25) is 19.7 Å². The van der Waals surface area contributed by atoms with Crippen LogP contribution in [0.4, 0.5) is 0 Å². The summed E-state index contributed by atoms with van der Waals surface area (Å²) in [6.07, 6.45) is 0. The van der Waals surface area contributed by atoms with Crippen molar-refractivity contribution in [2.75, 3.05) is 20.2 Å². The van der Waals surface area contributed by atoms with E-state index in [9.17, 15) is 9.59 Å². The number of hydroxylamine groups is 1. The van der Waals surface area contributed by atoms with E-state index in [-0.39, 0.29) is 18.0 Å². The summed E-state index contributed by atoms with van der Waals surface area (Å²) in [6, 6.07) is 14.5. The summed E-state index contributed by atoms with van der Waals surface area (Å²) in [5.41, 5.74) is 3.79. The number of benzene rings is 2. The zero-order valence-electron chi connectivity index (χ0n) is 17.0. The molecule has 1 heterocycles. The van der Waals surface area contributed by atoms with Gasteiger partial charge in [0.15, 0.2) is 0 Å². The summed E-state index contributed by atoms with van der Waals surface area (Å²) in [6.45, 7) is 6.41. The Kier molecular flexibility index (Phi) is 6.51. The Morgan fingerprint density at radius 3 is 2.07 bits per heavy atom. The lowest BCUT2D eigenvalue weighted by atomic mass is 10.0. The van der Waals surface area contributed by atoms with Crippen molar-refractivity contribution in [3.63, 3.8) is 0 Å². The van der Waals surface area contributed by atoms with Crippen LogP contribution in [0.15, 0.2) is 48.5 Å². The molecule has 0 bridgehead atoms. The first kappa shape index (κ1) is 20.8. The Hall–Kier alpha value is -2.90. The molecule has 2 atom stereocenters. The quantitative estimate of drug-likeness (QED) is 0.599. The van der Waals surface area contributed by atoms with Crippen LogP contribution in [-0.4, -0.2) is 59.1 Å². The second kappa shape index (κ2) is 9.07. The average Bonchev–Trinajstić information content (AvgIpc) is 2.73. The molecule has 0 radical (unpaired) electrons. The van der Waals surface area contributed by atoms with E-state index in [1.165, 1.54) is 0 Å². The number of nitrogens with zero attached hydrogens (tertiary/aromatic N) is 2. The topological polar surface area (TPSA) is 82.1 Å². The molecule has 7 nitrogen and oxygen atoms in total. The second-order valence-corrected chi connectivity index (χ2v) is 7.47. The molecule has 0 aromatic heterocycles. The van der Waals surface area contributed by atoms with Gasteiger partial charge < -0.3 is 9.64 Å². The molecular formula is C22H27N3O4. The van der Waals surface area contributed by atoms with Gasteiger partial charge in [-0.05, 0) is 55.8 Å². The lowest BCUT2D eigenvalue weighted by Gasteiger charge is -2.44. The second-order valence-electron chi connectivity index (χ2n) is 7.47. The van der Waals surface area contributed by atoms with Gasteiger partial charge in [0, 0.05) is 42.8 Å². The molecule has 1 saturated heterocycles. The van der Waals surface area contributed by atoms with Gasteiger partial charge in [0.2, 0.25) is 0 Å². The van der Waals surface area contributed by atoms with E-state index in [1.807, 2.05) is 17.0 Å². The highest BCUT2D eigenvalue weighted by Crippen LogP contribution is 2.22. The molecule has 1 fully saturated rings. The number of rotatable bonds is 5. The Morgan fingerprint density at radius 1 is 1.00 bits per heavy atom. The minimum atomic E-state index is -0.524. The highest BCUT2D eigenvalue weighted by atomic mass is 16.5. The Morgan fingerprint density at radius 2 is 1.55 bits per heavy atom. The van der Waals surface area contributed by atoms with E-state index in [2.05, 4.69) is 18.7 Å². The van der Waals surface area contributed by atoms with Gasteiger partial charge in [-0.25, -0.2) is 5.48 Å². The first-order chi connectivity index (χ1) is 13.9. The van der Waals surface area contributed by atoms with Crippen LogP contribution in [-0.2, 0) is 6.54 Å². The normalized spacial score (nSPS) is 19.7. The van der Waals surface area contributed by atoms with E-state index in [0.717, 1.165) is 30.9 Å². The van der Waals surface area contributed by atoms with Crippen LogP contribution in [0.1, 0.15) is 40.1 Å². The highest BCUT2D eigenvalue weighted by molar-refractivity contribution is 5.95. The molecular weight excluding hydrogens is 370 g/mol. The Labute approximate surface area is 170 Å². The predicted molar refractivity (Wildman–Crippen MR) is 109 cm³/mol. The van der Waals surface area contributed by atoms with E-state index in [0.29, 0.717) is 11.1 Å². The van der Waals surface area contributed by atoms with Crippen molar-refractivity contribution >= 4 is 11.8 Å². The van der Waals surface area contributed by atoms with Crippen molar-refractivity contribution in [1.82, 2.24) is 15.3 Å². The molecule has 0 spiro atoms. The van der Waals surface area contributed by atoms with Gasteiger partial charge in [0.1, 0.15) is 5.75 Å². The molecule has 2 aromatic carbocycles. The monoisotopic (exact) mass is 397 g/mol. The third-order valence-corrected chi connectivity index (χ3v) is 5.29. The molecule has 0 saturated carbocycles. The highest BCUT2D eigenvalue weighted by Gasteiger charge is 2.33. The van der Waals surface area contributed by atoms with Crippen LogP contribution in [0.3, 0.4) is 0 Å². The summed E-state index contributed by atoms with van der Waals surface area (Å²) >= 11 is 0. The number of piperazine rings is 1. The zero-order chi connectivity index (χ0) is 21.0. The number of hydrogen-bond donors (Lipinski definition) is 2. The molecule has 2 amide bonds. The molecule has 2 N–H and O–H groups in total. The Balaban J connectivity index is 1.64. The molecule has 7 heteroatoms. The zero-order valence-corrected chi connectivity index (χ0v) is 17.0. The van der Waals surface area contributed by atoms with Crippen molar-refractivity contribution in [2.45, 2.75) is 32.5 Å². The van der Waals surface area contributed by atoms with Crippen LogP contribution in [0.2, 0.25) is 0 Å². The molecule has 1 aliphatic rings. The maximum Gasteiger partial charge on any atom is 0.274 e. The van der Waals surface area contributed by atoms with Crippen molar-refractivity contribution in [3.05, 3.63) is 65.2 Å². The van der Waals surface area contributed by atoms with Gasteiger partial charge >= 0.3 is 0 Å². The summed E-state index contributed by atoms with van der Waals surface area (Å²) in [7, 11) is 1.61. The number of carbonyl (C=O) groups is 2. The van der Waals surface area contributed by atoms with Crippen molar-refractivity contribution in [2.24, 2.45) is 0 Å². The number of hydrogen-bond acceptors (Lipinski definition) is 5. The van der Waals surface area contributed by atoms with Crippen LogP contribution in [0, 0.1) is 0 Å². The standard InChI is InChI=1S/C22H27N3O4/c1-15-12-24(14-17-4-6-18(7-5-17)21(26)23-28)13-16(2)25(15)22(27)19-8-10-20(29-3)11-9-19/h4-11,15-16,28H,12-14H2,1-3H3,(H,23,26). The van der Waals surface area contributed by atoms with E-state index in [4.69, 9.17) is 9.94 Å². The smallest absolute Gasteiger partial charge is 0.274 e. The SMILES string of the molecule is COc1ccc(C(=O)N2C(C)CN(Cc3ccc(C(=O)NO)cc3)CC2C)cc1. The van der Waals surface area contributed by atoms with Gasteiger partial charge in [-0.2, -0.15) is 0 Å². The lowest BCUT2D eigenvalue weighted by molar-refractivity contribution is 0.0268. The van der Waals surface area contributed by atoms with Crippen LogP contribution in [0.5, 0.6) is 5.75 Å². The summed E-state index contributed by atoms with van der Waals surface area (Å²) in [5.74, 6) is 0.242. The third-order valence-electron chi connectivity index (χ3n) is 5.29. The fourth-order valence-corrected chi connectivity index (χ4v) is 3.93. The maximum atomic E-state index is 13.0. The van der Waals surface area contributed by atoms with Gasteiger partial charge in [-0.15, -0.1) is 0 Å². The van der Waals surface area contributed by atoms with E-state index >= 15 is 0 Å². The molecule has 0 aliphatic carbocycles. The molecule has 29 heavy (non-hydrogen) atoms.